The monoisotopic (exact) mass is 217 g/mol. The quantitative estimate of drug-likeness (QED) is 0.668. The molecule has 15 heavy (non-hydrogen) atoms. The maximum absolute atomic E-state index is 5.52. The van der Waals surface area contributed by atoms with Gasteiger partial charge in [0.15, 0.2) is 0 Å². The largest absolute Gasteiger partial charge is 0.379 e. The fraction of sp³-hybridized carbons (Fsp3) is 1.00. The van der Waals surface area contributed by atoms with Crippen LogP contribution in [0.3, 0.4) is 0 Å². The Morgan fingerprint density at radius 3 is 2.80 bits per heavy atom. The lowest BCUT2D eigenvalue weighted by Crippen LogP contribution is -2.39. The first-order valence-electron chi connectivity index (χ1n) is 5.59. The lowest BCUT2D eigenvalue weighted by Gasteiger charge is -2.25. The zero-order valence-corrected chi connectivity index (χ0v) is 10.0. The van der Waals surface area contributed by atoms with Gasteiger partial charge in [0.2, 0.25) is 0 Å². The average molecular weight is 217 g/mol. The first-order valence-corrected chi connectivity index (χ1v) is 5.59. The first kappa shape index (κ1) is 12.9. The van der Waals surface area contributed by atoms with E-state index in [1.165, 1.54) is 0 Å². The van der Waals surface area contributed by atoms with Gasteiger partial charge in [-0.25, -0.2) is 0 Å². The van der Waals surface area contributed by atoms with E-state index in [2.05, 4.69) is 19.2 Å². The summed E-state index contributed by atoms with van der Waals surface area (Å²) < 4.78 is 16.2. The van der Waals surface area contributed by atoms with Crippen LogP contribution in [0.5, 0.6) is 0 Å². The van der Waals surface area contributed by atoms with E-state index in [1.807, 2.05) is 0 Å². The molecule has 1 unspecified atom stereocenters. The molecule has 4 nitrogen and oxygen atoms in total. The summed E-state index contributed by atoms with van der Waals surface area (Å²) in [7, 11) is 1.75. The lowest BCUT2D eigenvalue weighted by molar-refractivity contribution is -0.0866. The summed E-state index contributed by atoms with van der Waals surface area (Å²) in [6.07, 6.45) is 1.21. The van der Waals surface area contributed by atoms with E-state index in [0.29, 0.717) is 6.61 Å². The molecule has 1 aliphatic heterocycles. The number of hydrogen-bond acceptors (Lipinski definition) is 4. The van der Waals surface area contributed by atoms with Crippen LogP contribution in [-0.2, 0) is 14.2 Å². The maximum Gasteiger partial charge on any atom is 0.0933 e. The van der Waals surface area contributed by atoms with Crippen LogP contribution in [0.15, 0.2) is 0 Å². The van der Waals surface area contributed by atoms with Gasteiger partial charge in [0.25, 0.3) is 0 Å². The van der Waals surface area contributed by atoms with Gasteiger partial charge >= 0.3 is 0 Å². The van der Waals surface area contributed by atoms with E-state index in [9.17, 15) is 0 Å². The molecule has 0 saturated carbocycles. The third-order valence-corrected chi connectivity index (χ3v) is 2.71. The van der Waals surface area contributed by atoms with Crippen LogP contribution in [0.1, 0.15) is 20.3 Å². The molecule has 4 heteroatoms. The van der Waals surface area contributed by atoms with Crippen molar-refractivity contribution in [3.63, 3.8) is 0 Å². The Labute approximate surface area is 92.3 Å². The molecule has 1 heterocycles. The Morgan fingerprint density at radius 1 is 1.40 bits per heavy atom. The van der Waals surface area contributed by atoms with Crippen LogP contribution >= 0.6 is 0 Å². The molecule has 0 spiro atoms. The highest BCUT2D eigenvalue weighted by Gasteiger charge is 2.17. The first-order chi connectivity index (χ1) is 7.14. The molecular weight excluding hydrogens is 194 g/mol. The molecule has 1 fully saturated rings. The normalized spacial score (nSPS) is 23.0. The molecule has 1 atom stereocenters. The molecule has 0 bridgehead atoms. The van der Waals surface area contributed by atoms with Crippen molar-refractivity contribution < 1.29 is 14.2 Å². The molecule has 0 aromatic heterocycles. The zero-order chi connectivity index (χ0) is 11.1. The van der Waals surface area contributed by atoms with Gasteiger partial charge in [-0.2, -0.15) is 0 Å². The van der Waals surface area contributed by atoms with Crippen molar-refractivity contribution >= 4 is 0 Å². The molecular formula is C11H23NO3. The molecule has 1 N–H and O–H groups in total. The number of rotatable bonds is 6. The molecule has 90 valence electrons. The number of hydrogen-bond donors (Lipinski definition) is 1. The minimum absolute atomic E-state index is 0.0447. The molecule has 1 rings (SSSR count). The molecule has 0 aliphatic carbocycles. The molecule has 0 aromatic rings. The summed E-state index contributed by atoms with van der Waals surface area (Å²) in [6.45, 7) is 8.15. The van der Waals surface area contributed by atoms with Crippen molar-refractivity contribution in [1.29, 1.82) is 0 Å². The Balaban J connectivity index is 2.00. The smallest absolute Gasteiger partial charge is 0.0933 e. The Kier molecular flexibility index (Phi) is 5.53. The fourth-order valence-electron chi connectivity index (χ4n) is 1.41. The van der Waals surface area contributed by atoms with Crippen molar-refractivity contribution in [3.05, 3.63) is 0 Å². The van der Waals surface area contributed by atoms with Crippen molar-refractivity contribution in [2.24, 2.45) is 0 Å². The van der Waals surface area contributed by atoms with Gasteiger partial charge in [-0.3, -0.25) is 0 Å². The number of methoxy groups -OCH3 is 1. The van der Waals surface area contributed by atoms with Gasteiger partial charge in [-0.1, -0.05) is 0 Å². The summed E-state index contributed by atoms with van der Waals surface area (Å²) in [5.74, 6) is 0. The van der Waals surface area contributed by atoms with Crippen LogP contribution in [0.2, 0.25) is 0 Å². The van der Waals surface area contributed by atoms with Crippen molar-refractivity contribution in [2.75, 3.05) is 40.0 Å². The molecule has 1 saturated heterocycles. The Morgan fingerprint density at radius 2 is 2.20 bits per heavy atom. The summed E-state index contributed by atoms with van der Waals surface area (Å²) in [5, 5.41) is 3.36. The predicted molar refractivity (Wildman–Crippen MR) is 59.1 cm³/mol. The van der Waals surface area contributed by atoms with Gasteiger partial charge in [-0.15, -0.1) is 0 Å². The second-order valence-electron chi connectivity index (χ2n) is 4.49. The highest BCUT2D eigenvalue weighted by molar-refractivity contribution is 4.70. The lowest BCUT2D eigenvalue weighted by atomic mass is 10.1. The van der Waals surface area contributed by atoms with Crippen LogP contribution in [0.25, 0.3) is 0 Å². The maximum atomic E-state index is 5.52. The zero-order valence-electron chi connectivity index (χ0n) is 10.0. The molecule has 0 aromatic carbocycles. The van der Waals surface area contributed by atoms with Crippen molar-refractivity contribution in [2.45, 2.75) is 32.0 Å². The second-order valence-corrected chi connectivity index (χ2v) is 4.49. The highest BCUT2D eigenvalue weighted by Crippen LogP contribution is 2.11. The third kappa shape index (κ3) is 5.47. The van der Waals surface area contributed by atoms with E-state index in [1.54, 1.807) is 7.11 Å². The molecule has 0 radical (unpaired) electrons. The number of ether oxygens (including phenoxy) is 3. The fourth-order valence-corrected chi connectivity index (χ4v) is 1.41. The summed E-state index contributed by atoms with van der Waals surface area (Å²) >= 11 is 0. The Bertz CT molecular complexity index is 167. The topological polar surface area (TPSA) is 39.7 Å². The van der Waals surface area contributed by atoms with Gasteiger partial charge in [-0.05, 0) is 26.8 Å². The predicted octanol–water partition coefficient (Wildman–Crippen LogP) is 0.806. The SMILES string of the molecule is COC(C)(C)CCNCC1COCCO1. The molecule has 0 amide bonds. The van der Waals surface area contributed by atoms with Gasteiger partial charge in [0, 0.05) is 13.7 Å². The van der Waals surface area contributed by atoms with E-state index in [0.717, 1.165) is 32.7 Å². The van der Waals surface area contributed by atoms with E-state index < -0.39 is 0 Å². The van der Waals surface area contributed by atoms with E-state index in [4.69, 9.17) is 14.2 Å². The second kappa shape index (κ2) is 6.43. The summed E-state index contributed by atoms with van der Waals surface area (Å²) in [4.78, 5) is 0. The molecule has 1 aliphatic rings. The summed E-state index contributed by atoms with van der Waals surface area (Å²) in [5.41, 5.74) is -0.0447. The minimum Gasteiger partial charge on any atom is -0.379 e. The van der Waals surface area contributed by atoms with Crippen molar-refractivity contribution in [1.82, 2.24) is 5.32 Å². The van der Waals surface area contributed by atoms with Crippen molar-refractivity contribution in [3.8, 4) is 0 Å². The third-order valence-electron chi connectivity index (χ3n) is 2.71. The van der Waals surface area contributed by atoms with Crippen LogP contribution in [0.4, 0.5) is 0 Å². The Hall–Kier alpha value is -0.160. The highest BCUT2D eigenvalue weighted by atomic mass is 16.6. The summed E-state index contributed by atoms with van der Waals surface area (Å²) in [6, 6.07) is 0. The van der Waals surface area contributed by atoms with Crippen LogP contribution in [-0.4, -0.2) is 51.7 Å². The van der Waals surface area contributed by atoms with E-state index >= 15 is 0 Å². The van der Waals surface area contributed by atoms with Crippen LogP contribution in [0, 0.1) is 0 Å². The van der Waals surface area contributed by atoms with Gasteiger partial charge in [0.1, 0.15) is 0 Å². The van der Waals surface area contributed by atoms with Gasteiger partial charge < -0.3 is 19.5 Å². The van der Waals surface area contributed by atoms with Crippen LogP contribution < -0.4 is 5.32 Å². The average Bonchev–Trinajstić information content (AvgIpc) is 2.26. The van der Waals surface area contributed by atoms with Gasteiger partial charge in [0.05, 0.1) is 31.5 Å². The minimum atomic E-state index is -0.0447. The standard InChI is InChI=1S/C11H23NO3/c1-11(2,13-3)4-5-12-8-10-9-14-6-7-15-10/h10,12H,4-9H2,1-3H3. The van der Waals surface area contributed by atoms with E-state index in [-0.39, 0.29) is 11.7 Å². The number of nitrogens with one attached hydrogen (secondary N) is 1.